The molecule has 1 atom stereocenters. The molecule has 2 aromatic carbocycles. The molecular weight excluding hydrogens is 466 g/mol. The molecular formula is C26H25N3O7. The molecule has 1 N–H and O–H groups in total. The second kappa shape index (κ2) is 10.6. The van der Waals surface area contributed by atoms with Gasteiger partial charge < -0.3 is 23.9 Å². The van der Waals surface area contributed by atoms with Gasteiger partial charge >= 0.3 is 0 Å². The van der Waals surface area contributed by atoms with Gasteiger partial charge in [-0.25, -0.2) is 4.98 Å². The minimum absolute atomic E-state index is 0.0118. The Morgan fingerprint density at radius 3 is 2.83 bits per heavy atom. The summed E-state index contributed by atoms with van der Waals surface area (Å²) in [5.41, 5.74) is 0.903. The molecule has 0 aliphatic carbocycles. The van der Waals surface area contributed by atoms with Crippen LogP contribution in [0.4, 0.5) is 5.69 Å². The van der Waals surface area contributed by atoms with Crippen molar-refractivity contribution in [3.8, 4) is 11.5 Å². The van der Waals surface area contributed by atoms with Crippen molar-refractivity contribution in [2.45, 2.75) is 25.5 Å². The summed E-state index contributed by atoms with van der Waals surface area (Å²) >= 11 is 0. The van der Waals surface area contributed by atoms with E-state index in [1.165, 1.54) is 11.2 Å². The number of Topliss-reactive ketones (excluding diaryl/α,β-unsaturated/α-hetero) is 1. The van der Waals surface area contributed by atoms with Gasteiger partial charge in [-0.05, 0) is 43.2 Å². The first-order valence-electron chi connectivity index (χ1n) is 11.7. The molecule has 3 aromatic rings. The molecule has 1 fully saturated rings. The van der Waals surface area contributed by atoms with Crippen molar-refractivity contribution in [2.24, 2.45) is 0 Å². The summed E-state index contributed by atoms with van der Waals surface area (Å²) in [6.45, 7) is 0.777. The topological polar surface area (TPSA) is 120 Å². The van der Waals surface area contributed by atoms with Gasteiger partial charge in [-0.1, -0.05) is 18.2 Å². The molecule has 5 rings (SSSR count). The maximum absolute atomic E-state index is 12.7. The molecule has 2 aliphatic rings. The highest BCUT2D eigenvalue weighted by Gasteiger charge is 2.28. The Morgan fingerprint density at radius 1 is 1.17 bits per heavy atom. The number of ketones is 1. The molecule has 1 unspecified atom stereocenters. The molecule has 2 amide bonds. The summed E-state index contributed by atoms with van der Waals surface area (Å²) in [5, 5.41) is 2.79. The number of amides is 2. The van der Waals surface area contributed by atoms with Crippen LogP contribution in [0, 0.1) is 0 Å². The van der Waals surface area contributed by atoms with E-state index in [0.29, 0.717) is 35.9 Å². The number of oxazole rings is 1. The summed E-state index contributed by atoms with van der Waals surface area (Å²) < 4.78 is 22.1. The molecule has 0 spiro atoms. The number of fused-ring (bicyclic) bond motifs is 1. The highest BCUT2D eigenvalue weighted by atomic mass is 16.5. The number of anilines is 1. The Morgan fingerprint density at radius 2 is 2.03 bits per heavy atom. The minimum Gasteiger partial charge on any atom is -0.485 e. The molecule has 0 bridgehead atoms. The second-order valence-corrected chi connectivity index (χ2v) is 8.45. The molecule has 1 saturated heterocycles. The average molecular weight is 492 g/mol. The van der Waals surface area contributed by atoms with Crippen LogP contribution in [-0.2, 0) is 16.1 Å². The van der Waals surface area contributed by atoms with Crippen LogP contribution in [0.1, 0.15) is 39.6 Å². The fourth-order valence-corrected chi connectivity index (χ4v) is 4.02. The van der Waals surface area contributed by atoms with E-state index >= 15 is 0 Å². The van der Waals surface area contributed by atoms with Crippen molar-refractivity contribution in [3.63, 3.8) is 0 Å². The summed E-state index contributed by atoms with van der Waals surface area (Å²) in [4.78, 5) is 43.5. The van der Waals surface area contributed by atoms with Crippen LogP contribution < -0.4 is 19.7 Å². The van der Waals surface area contributed by atoms with Crippen molar-refractivity contribution >= 4 is 23.3 Å². The number of aromatic nitrogens is 1. The first-order valence-corrected chi connectivity index (χ1v) is 11.7. The Hall–Kier alpha value is -4.18. The van der Waals surface area contributed by atoms with Crippen molar-refractivity contribution in [1.29, 1.82) is 0 Å². The van der Waals surface area contributed by atoms with Crippen LogP contribution in [0.2, 0.25) is 0 Å². The number of hydrogen-bond donors (Lipinski definition) is 1. The van der Waals surface area contributed by atoms with Gasteiger partial charge in [0.2, 0.25) is 5.89 Å². The lowest BCUT2D eigenvalue weighted by atomic mass is 10.1. The van der Waals surface area contributed by atoms with Crippen LogP contribution in [-0.4, -0.2) is 55.1 Å². The number of para-hydroxylation sites is 1. The Bertz CT molecular complexity index is 1250. The number of carbonyl (C=O) groups excluding carboxylic acids is 3. The largest absolute Gasteiger partial charge is 0.485 e. The van der Waals surface area contributed by atoms with Crippen molar-refractivity contribution < 1.29 is 33.0 Å². The molecule has 186 valence electrons. The third-order valence-electron chi connectivity index (χ3n) is 5.93. The van der Waals surface area contributed by atoms with Crippen LogP contribution in [0.25, 0.3) is 0 Å². The normalized spacial score (nSPS) is 16.8. The fourth-order valence-electron chi connectivity index (χ4n) is 4.02. The zero-order valence-corrected chi connectivity index (χ0v) is 19.5. The smallest absolute Gasteiger partial charge is 0.273 e. The predicted molar refractivity (Wildman–Crippen MR) is 127 cm³/mol. The zero-order valence-electron chi connectivity index (χ0n) is 19.5. The summed E-state index contributed by atoms with van der Waals surface area (Å²) in [6.07, 6.45) is 3.16. The van der Waals surface area contributed by atoms with E-state index in [0.717, 1.165) is 12.8 Å². The number of carbonyl (C=O) groups is 3. The van der Waals surface area contributed by atoms with Gasteiger partial charge in [-0.2, -0.15) is 0 Å². The van der Waals surface area contributed by atoms with E-state index < -0.39 is 0 Å². The highest BCUT2D eigenvalue weighted by Crippen LogP contribution is 2.34. The number of hydrogen-bond acceptors (Lipinski definition) is 8. The van der Waals surface area contributed by atoms with Crippen LogP contribution >= 0.6 is 0 Å². The maximum Gasteiger partial charge on any atom is 0.273 e. The molecule has 10 nitrogen and oxygen atoms in total. The summed E-state index contributed by atoms with van der Waals surface area (Å²) in [7, 11) is 0. The summed E-state index contributed by atoms with van der Waals surface area (Å²) in [6, 6.07) is 13.9. The molecule has 3 heterocycles. The van der Waals surface area contributed by atoms with Gasteiger partial charge in [0, 0.05) is 18.7 Å². The Kier molecular flexibility index (Phi) is 6.94. The fraction of sp³-hybridized carbons (Fsp3) is 0.308. The van der Waals surface area contributed by atoms with E-state index in [2.05, 4.69) is 10.3 Å². The molecule has 0 radical (unpaired) electrons. The van der Waals surface area contributed by atoms with Crippen molar-refractivity contribution in [3.05, 3.63) is 71.9 Å². The zero-order chi connectivity index (χ0) is 24.9. The van der Waals surface area contributed by atoms with Crippen LogP contribution in [0.3, 0.4) is 0 Å². The van der Waals surface area contributed by atoms with E-state index in [9.17, 15) is 14.4 Å². The van der Waals surface area contributed by atoms with Gasteiger partial charge in [-0.3, -0.25) is 19.3 Å². The second-order valence-electron chi connectivity index (χ2n) is 8.45. The standard InChI is InChI=1S/C26H25N3O7/c30-22(15-34-18-5-2-1-3-6-18)17-8-9-23-21(11-17)29(25(31)16-35-23)13-24-28-20(14-36-24)26(32)27-12-19-7-4-10-33-19/h1-3,5-6,8-9,11,14,19H,4,7,10,12-13,15-16H2,(H,27,32). The lowest BCUT2D eigenvalue weighted by Gasteiger charge is -2.28. The Labute approximate surface area is 207 Å². The maximum atomic E-state index is 12.7. The molecule has 36 heavy (non-hydrogen) atoms. The third kappa shape index (κ3) is 5.38. The van der Waals surface area contributed by atoms with E-state index in [-0.39, 0.29) is 55.0 Å². The lowest BCUT2D eigenvalue weighted by Crippen LogP contribution is -2.38. The highest BCUT2D eigenvalue weighted by molar-refractivity contribution is 6.02. The van der Waals surface area contributed by atoms with Gasteiger partial charge in [0.05, 0.1) is 11.8 Å². The monoisotopic (exact) mass is 491 g/mol. The SMILES string of the molecule is O=C(COc1ccccc1)c1ccc2c(c1)N(Cc1nc(C(=O)NCC3CCCO3)co1)C(=O)CO2. The van der Waals surface area contributed by atoms with E-state index in [1.807, 2.05) is 18.2 Å². The van der Waals surface area contributed by atoms with Gasteiger partial charge in [0.15, 0.2) is 24.7 Å². The van der Waals surface area contributed by atoms with Gasteiger partial charge in [-0.15, -0.1) is 0 Å². The number of nitrogens with zero attached hydrogens (tertiary/aromatic N) is 2. The quantitative estimate of drug-likeness (QED) is 0.454. The minimum atomic E-state index is -0.375. The number of nitrogens with one attached hydrogen (secondary N) is 1. The van der Waals surface area contributed by atoms with Crippen molar-refractivity contribution in [1.82, 2.24) is 10.3 Å². The van der Waals surface area contributed by atoms with Crippen molar-refractivity contribution in [2.75, 3.05) is 31.3 Å². The predicted octanol–water partition coefficient (Wildman–Crippen LogP) is 2.77. The molecule has 2 aliphatic heterocycles. The van der Waals surface area contributed by atoms with Gasteiger partial charge in [0.25, 0.3) is 11.8 Å². The van der Waals surface area contributed by atoms with Crippen LogP contribution in [0.15, 0.2) is 59.2 Å². The first-order chi connectivity index (χ1) is 17.6. The molecule has 10 heteroatoms. The Balaban J connectivity index is 1.26. The molecule has 0 saturated carbocycles. The van der Waals surface area contributed by atoms with E-state index in [4.69, 9.17) is 18.6 Å². The van der Waals surface area contributed by atoms with Crippen LogP contribution in [0.5, 0.6) is 11.5 Å². The third-order valence-corrected chi connectivity index (χ3v) is 5.93. The van der Waals surface area contributed by atoms with Gasteiger partial charge in [0.1, 0.15) is 24.3 Å². The average Bonchev–Trinajstić information content (AvgIpc) is 3.60. The number of benzene rings is 2. The molecule has 1 aromatic heterocycles. The summed E-state index contributed by atoms with van der Waals surface area (Å²) in [5.74, 6) is 0.277. The lowest BCUT2D eigenvalue weighted by molar-refractivity contribution is -0.121. The van der Waals surface area contributed by atoms with E-state index in [1.54, 1.807) is 30.3 Å². The number of rotatable bonds is 9. The first kappa shape index (κ1) is 23.6. The number of ether oxygens (including phenoxy) is 3.